The van der Waals surface area contributed by atoms with Gasteiger partial charge in [-0.25, -0.2) is 0 Å². The predicted octanol–water partition coefficient (Wildman–Crippen LogP) is 1.31. The minimum absolute atomic E-state index is 0.836. The Kier molecular flexibility index (Phi) is 5.15. The van der Waals surface area contributed by atoms with E-state index < -0.39 is 0 Å². The second-order valence-corrected chi connectivity index (χ2v) is 4.08. The number of hydrogen-bond acceptors (Lipinski definition) is 3. The van der Waals surface area contributed by atoms with E-state index in [2.05, 4.69) is 30.4 Å². The van der Waals surface area contributed by atoms with Crippen LogP contribution in [0.1, 0.15) is 12.0 Å². The van der Waals surface area contributed by atoms with E-state index in [-0.39, 0.29) is 0 Å². The number of rotatable bonds is 6. The molecule has 0 amide bonds. The van der Waals surface area contributed by atoms with Gasteiger partial charge >= 0.3 is 0 Å². The lowest BCUT2D eigenvalue weighted by atomic mass is 10.2. The van der Waals surface area contributed by atoms with Crippen LogP contribution < -0.4 is 11.1 Å². The van der Waals surface area contributed by atoms with Gasteiger partial charge in [0.1, 0.15) is 0 Å². The molecule has 0 radical (unpaired) electrons. The quantitative estimate of drug-likeness (QED) is 0.546. The number of benzene rings is 1. The SMILES string of the molecule is CN(C)CCCNCc1cccc(N)c1. The molecular weight excluding hydrogens is 186 g/mol. The van der Waals surface area contributed by atoms with Crippen molar-refractivity contribution in [1.82, 2.24) is 10.2 Å². The van der Waals surface area contributed by atoms with Crippen LogP contribution in [0.2, 0.25) is 0 Å². The first-order chi connectivity index (χ1) is 7.18. The maximum Gasteiger partial charge on any atom is 0.0317 e. The summed E-state index contributed by atoms with van der Waals surface area (Å²) in [7, 11) is 4.19. The number of nitrogens with two attached hydrogens (primary N) is 1. The Bertz CT molecular complexity index is 284. The Morgan fingerprint density at radius 1 is 1.33 bits per heavy atom. The summed E-state index contributed by atoms with van der Waals surface area (Å²) in [6.07, 6.45) is 1.18. The van der Waals surface area contributed by atoms with E-state index in [1.807, 2.05) is 18.2 Å². The van der Waals surface area contributed by atoms with Crippen molar-refractivity contribution in [2.24, 2.45) is 0 Å². The summed E-state index contributed by atoms with van der Waals surface area (Å²) < 4.78 is 0. The maximum atomic E-state index is 5.69. The molecule has 1 aromatic carbocycles. The zero-order valence-corrected chi connectivity index (χ0v) is 9.66. The van der Waals surface area contributed by atoms with E-state index in [1.54, 1.807) is 0 Å². The van der Waals surface area contributed by atoms with Crippen molar-refractivity contribution in [2.75, 3.05) is 32.9 Å². The summed E-state index contributed by atoms with van der Waals surface area (Å²) in [5.74, 6) is 0. The van der Waals surface area contributed by atoms with Crippen LogP contribution in [0.3, 0.4) is 0 Å². The van der Waals surface area contributed by atoms with E-state index in [9.17, 15) is 0 Å². The van der Waals surface area contributed by atoms with Crippen LogP contribution in [0.4, 0.5) is 5.69 Å². The third-order valence-electron chi connectivity index (χ3n) is 2.24. The molecule has 0 saturated heterocycles. The third kappa shape index (κ3) is 5.40. The van der Waals surface area contributed by atoms with Gasteiger partial charge in [0.15, 0.2) is 0 Å². The molecule has 0 heterocycles. The second-order valence-electron chi connectivity index (χ2n) is 4.08. The van der Waals surface area contributed by atoms with Gasteiger partial charge in [-0.2, -0.15) is 0 Å². The van der Waals surface area contributed by atoms with Gasteiger partial charge in [-0.1, -0.05) is 12.1 Å². The number of anilines is 1. The number of hydrogen-bond donors (Lipinski definition) is 2. The summed E-state index contributed by atoms with van der Waals surface area (Å²) in [5, 5.41) is 3.40. The van der Waals surface area contributed by atoms with Gasteiger partial charge < -0.3 is 16.0 Å². The van der Waals surface area contributed by atoms with Gasteiger partial charge in [0, 0.05) is 12.2 Å². The van der Waals surface area contributed by atoms with Crippen molar-refractivity contribution in [3.05, 3.63) is 29.8 Å². The Morgan fingerprint density at radius 2 is 2.13 bits per heavy atom. The molecule has 1 aromatic rings. The summed E-state index contributed by atoms with van der Waals surface area (Å²) >= 11 is 0. The minimum Gasteiger partial charge on any atom is -0.399 e. The maximum absolute atomic E-state index is 5.69. The molecule has 15 heavy (non-hydrogen) atoms. The van der Waals surface area contributed by atoms with E-state index in [0.717, 1.165) is 25.3 Å². The van der Waals surface area contributed by atoms with Gasteiger partial charge in [0.2, 0.25) is 0 Å². The molecule has 3 N–H and O–H groups in total. The van der Waals surface area contributed by atoms with Crippen LogP contribution >= 0.6 is 0 Å². The Hall–Kier alpha value is -1.06. The molecule has 0 bridgehead atoms. The molecule has 0 spiro atoms. The van der Waals surface area contributed by atoms with E-state index in [1.165, 1.54) is 12.0 Å². The van der Waals surface area contributed by atoms with E-state index in [4.69, 9.17) is 5.73 Å². The zero-order valence-electron chi connectivity index (χ0n) is 9.66. The van der Waals surface area contributed by atoms with Crippen molar-refractivity contribution in [3.8, 4) is 0 Å². The van der Waals surface area contributed by atoms with E-state index >= 15 is 0 Å². The van der Waals surface area contributed by atoms with Gasteiger partial charge in [-0.15, -0.1) is 0 Å². The van der Waals surface area contributed by atoms with Crippen molar-refractivity contribution >= 4 is 5.69 Å². The van der Waals surface area contributed by atoms with Gasteiger partial charge in [0.05, 0.1) is 0 Å². The highest BCUT2D eigenvalue weighted by Gasteiger charge is 1.94. The van der Waals surface area contributed by atoms with Crippen molar-refractivity contribution in [2.45, 2.75) is 13.0 Å². The molecule has 1 rings (SSSR count). The van der Waals surface area contributed by atoms with Gasteiger partial charge in [-0.05, 0) is 51.3 Å². The lowest BCUT2D eigenvalue weighted by Crippen LogP contribution is -2.21. The Morgan fingerprint density at radius 3 is 2.80 bits per heavy atom. The first kappa shape index (κ1) is 12.0. The van der Waals surface area contributed by atoms with Crippen molar-refractivity contribution in [3.63, 3.8) is 0 Å². The number of nitrogen functional groups attached to an aromatic ring is 1. The third-order valence-corrected chi connectivity index (χ3v) is 2.24. The summed E-state index contributed by atoms with van der Waals surface area (Å²) in [6, 6.07) is 8.01. The molecule has 0 atom stereocenters. The van der Waals surface area contributed by atoms with Gasteiger partial charge in [0.25, 0.3) is 0 Å². The van der Waals surface area contributed by atoms with Crippen LogP contribution in [0.15, 0.2) is 24.3 Å². The monoisotopic (exact) mass is 207 g/mol. The summed E-state index contributed by atoms with van der Waals surface area (Å²) in [4.78, 5) is 2.20. The van der Waals surface area contributed by atoms with Crippen LogP contribution in [-0.4, -0.2) is 32.1 Å². The fourth-order valence-electron chi connectivity index (χ4n) is 1.46. The first-order valence-corrected chi connectivity index (χ1v) is 5.38. The van der Waals surface area contributed by atoms with Gasteiger partial charge in [-0.3, -0.25) is 0 Å². The fourth-order valence-corrected chi connectivity index (χ4v) is 1.46. The van der Waals surface area contributed by atoms with Crippen molar-refractivity contribution < 1.29 is 0 Å². The summed E-state index contributed by atoms with van der Waals surface area (Å²) in [5.41, 5.74) is 7.78. The zero-order chi connectivity index (χ0) is 11.1. The molecule has 0 unspecified atom stereocenters. The average Bonchev–Trinajstić information content (AvgIpc) is 2.17. The molecule has 3 heteroatoms. The van der Waals surface area contributed by atoms with E-state index in [0.29, 0.717) is 0 Å². The first-order valence-electron chi connectivity index (χ1n) is 5.38. The molecule has 0 aliphatic rings. The largest absolute Gasteiger partial charge is 0.399 e. The van der Waals surface area contributed by atoms with Crippen LogP contribution in [0, 0.1) is 0 Å². The standard InChI is InChI=1S/C12H21N3/c1-15(2)8-4-7-14-10-11-5-3-6-12(13)9-11/h3,5-6,9,14H,4,7-8,10,13H2,1-2H3. The summed E-state index contributed by atoms with van der Waals surface area (Å²) in [6.45, 7) is 3.08. The molecule has 84 valence electrons. The number of nitrogens with zero attached hydrogens (tertiary/aromatic N) is 1. The van der Waals surface area contributed by atoms with Crippen molar-refractivity contribution in [1.29, 1.82) is 0 Å². The highest BCUT2D eigenvalue weighted by atomic mass is 15.0. The lowest BCUT2D eigenvalue weighted by molar-refractivity contribution is 0.394. The highest BCUT2D eigenvalue weighted by molar-refractivity contribution is 5.40. The second kappa shape index (κ2) is 6.43. The Labute approximate surface area is 92.3 Å². The molecule has 3 nitrogen and oxygen atoms in total. The predicted molar refractivity (Wildman–Crippen MR) is 65.7 cm³/mol. The molecular formula is C12H21N3. The lowest BCUT2D eigenvalue weighted by Gasteiger charge is -2.09. The molecule has 0 aliphatic heterocycles. The molecule has 0 fully saturated rings. The topological polar surface area (TPSA) is 41.3 Å². The fraction of sp³-hybridized carbons (Fsp3) is 0.500. The van der Waals surface area contributed by atoms with Crippen LogP contribution in [0.5, 0.6) is 0 Å². The highest BCUT2D eigenvalue weighted by Crippen LogP contribution is 2.05. The smallest absolute Gasteiger partial charge is 0.0317 e. The minimum atomic E-state index is 0.836. The average molecular weight is 207 g/mol. The number of nitrogens with one attached hydrogen (secondary N) is 1. The normalized spacial score (nSPS) is 10.9. The van der Waals surface area contributed by atoms with Crippen LogP contribution in [0.25, 0.3) is 0 Å². The molecule has 0 saturated carbocycles. The molecule has 0 aliphatic carbocycles. The van der Waals surface area contributed by atoms with Crippen LogP contribution in [-0.2, 0) is 6.54 Å². The Balaban J connectivity index is 2.15. The molecule has 0 aromatic heterocycles.